The van der Waals surface area contributed by atoms with E-state index >= 15 is 0 Å². The molecule has 1 aromatic heterocycles. The summed E-state index contributed by atoms with van der Waals surface area (Å²) in [5.74, 6) is 0.858. The quantitative estimate of drug-likeness (QED) is 0.498. The molecule has 0 unspecified atom stereocenters. The third-order valence-corrected chi connectivity index (χ3v) is 4.56. The number of para-hydroxylation sites is 1. The van der Waals surface area contributed by atoms with Gasteiger partial charge in [0.1, 0.15) is 5.75 Å². The largest absolute Gasteiger partial charge is 0.496 e. The molecule has 0 aliphatic rings. The lowest BCUT2D eigenvalue weighted by molar-refractivity contribution is 0.408. The minimum atomic E-state index is 0.608. The zero-order valence-corrected chi connectivity index (χ0v) is 15.9. The third kappa shape index (κ3) is 3.92. The van der Waals surface area contributed by atoms with Crippen LogP contribution in [0.25, 0.3) is 5.69 Å². The van der Waals surface area contributed by atoms with E-state index in [1.54, 1.807) is 7.11 Å². The maximum absolute atomic E-state index is 5.99. The number of aryl methyl sites for hydroxylation is 1. The van der Waals surface area contributed by atoms with Crippen molar-refractivity contribution in [3.8, 4) is 11.4 Å². The molecule has 0 radical (unpaired) electrons. The number of hydrogen-bond acceptors (Lipinski definition) is 3. The average molecular weight is 368 g/mol. The monoisotopic (exact) mass is 367 g/mol. The molecule has 0 aliphatic carbocycles. The minimum Gasteiger partial charge on any atom is -0.496 e. The number of hydrogen-bond donors (Lipinski definition) is 1. The standard InChI is InChI=1S/C21H22ClN3O/c1-15-12-18(16(2)25(15)20-10-8-19(22)9-11-20)14-24-23-13-17-6-4-5-7-21(17)26-3/h4-12,14,23H,13H2,1-3H3/b24-14-. The first-order valence-corrected chi connectivity index (χ1v) is 8.80. The van der Waals surface area contributed by atoms with Gasteiger partial charge in [0.05, 0.1) is 19.9 Å². The summed E-state index contributed by atoms with van der Waals surface area (Å²) in [4.78, 5) is 0. The lowest BCUT2D eigenvalue weighted by atomic mass is 10.2. The van der Waals surface area contributed by atoms with E-state index in [2.05, 4.69) is 35.0 Å². The summed E-state index contributed by atoms with van der Waals surface area (Å²) in [6.45, 7) is 4.78. The normalized spacial score (nSPS) is 11.1. The molecule has 4 nitrogen and oxygen atoms in total. The van der Waals surface area contributed by atoms with Gasteiger partial charge in [-0.05, 0) is 50.2 Å². The average Bonchev–Trinajstić information content (AvgIpc) is 2.93. The molecular weight excluding hydrogens is 346 g/mol. The van der Waals surface area contributed by atoms with Crippen molar-refractivity contribution >= 4 is 17.8 Å². The second-order valence-corrected chi connectivity index (χ2v) is 6.48. The van der Waals surface area contributed by atoms with Crippen LogP contribution >= 0.6 is 11.6 Å². The maximum atomic E-state index is 5.99. The van der Waals surface area contributed by atoms with E-state index in [0.29, 0.717) is 6.54 Å². The van der Waals surface area contributed by atoms with Gasteiger partial charge in [-0.15, -0.1) is 0 Å². The van der Waals surface area contributed by atoms with Gasteiger partial charge in [0.15, 0.2) is 0 Å². The lowest BCUT2D eigenvalue weighted by Crippen LogP contribution is -2.07. The Balaban J connectivity index is 1.73. The Bertz CT molecular complexity index is 914. The number of ether oxygens (including phenoxy) is 1. The van der Waals surface area contributed by atoms with Gasteiger partial charge in [0.25, 0.3) is 0 Å². The first kappa shape index (κ1) is 18.1. The van der Waals surface area contributed by atoms with Crippen molar-refractivity contribution in [3.63, 3.8) is 0 Å². The number of nitrogens with one attached hydrogen (secondary N) is 1. The van der Waals surface area contributed by atoms with Crippen LogP contribution in [0.3, 0.4) is 0 Å². The van der Waals surface area contributed by atoms with E-state index in [9.17, 15) is 0 Å². The zero-order valence-electron chi connectivity index (χ0n) is 15.2. The lowest BCUT2D eigenvalue weighted by Gasteiger charge is -2.09. The van der Waals surface area contributed by atoms with Gasteiger partial charge in [-0.25, -0.2) is 0 Å². The summed E-state index contributed by atoms with van der Waals surface area (Å²) >= 11 is 5.99. The number of rotatable bonds is 6. The van der Waals surface area contributed by atoms with E-state index in [1.165, 1.54) is 0 Å². The molecular formula is C21H22ClN3O. The molecule has 0 aliphatic heterocycles. The molecule has 3 aromatic rings. The Morgan fingerprint density at radius 3 is 2.58 bits per heavy atom. The zero-order chi connectivity index (χ0) is 18.5. The molecule has 0 amide bonds. The molecule has 134 valence electrons. The van der Waals surface area contributed by atoms with Crippen LogP contribution in [-0.4, -0.2) is 17.9 Å². The highest BCUT2D eigenvalue weighted by molar-refractivity contribution is 6.30. The Kier molecular flexibility index (Phi) is 5.64. The van der Waals surface area contributed by atoms with E-state index < -0.39 is 0 Å². The number of methoxy groups -OCH3 is 1. The van der Waals surface area contributed by atoms with Gasteiger partial charge in [-0.1, -0.05) is 29.8 Å². The molecule has 2 aromatic carbocycles. The van der Waals surface area contributed by atoms with Crippen LogP contribution in [-0.2, 0) is 6.54 Å². The summed E-state index contributed by atoms with van der Waals surface area (Å²) in [6.07, 6.45) is 1.85. The van der Waals surface area contributed by atoms with Crippen molar-refractivity contribution in [2.24, 2.45) is 5.10 Å². The predicted molar refractivity (Wildman–Crippen MR) is 108 cm³/mol. The highest BCUT2D eigenvalue weighted by Gasteiger charge is 2.09. The fourth-order valence-corrected chi connectivity index (χ4v) is 3.13. The number of aromatic nitrogens is 1. The van der Waals surface area contributed by atoms with E-state index in [1.807, 2.05) is 54.7 Å². The maximum Gasteiger partial charge on any atom is 0.123 e. The summed E-state index contributed by atoms with van der Waals surface area (Å²) in [5, 5.41) is 5.11. The first-order valence-electron chi connectivity index (χ1n) is 8.43. The Morgan fingerprint density at radius 1 is 1.12 bits per heavy atom. The van der Waals surface area contributed by atoms with Crippen LogP contribution in [0.4, 0.5) is 0 Å². The van der Waals surface area contributed by atoms with Crippen molar-refractivity contribution in [3.05, 3.63) is 82.1 Å². The van der Waals surface area contributed by atoms with Crippen molar-refractivity contribution < 1.29 is 4.74 Å². The second kappa shape index (κ2) is 8.11. The third-order valence-electron chi connectivity index (χ3n) is 4.31. The highest BCUT2D eigenvalue weighted by atomic mass is 35.5. The van der Waals surface area contributed by atoms with Gasteiger partial charge in [-0.2, -0.15) is 5.10 Å². The number of nitrogens with zero attached hydrogens (tertiary/aromatic N) is 2. The number of halogens is 1. The Morgan fingerprint density at radius 2 is 1.85 bits per heavy atom. The molecule has 5 heteroatoms. The number of hydrazone groups is 1. The van der Waals surface area contributed by atoms with Crippen molar-refractivity contribution in [2.75, 3.05) is 7.11 Å². The van der Waals surface area contributed by atoms with E-state index in [0.717, 1.165) is 39.0 Å². The molecule has 0 atom stereocenters. The van der Waals surface area contributed by atoms with Gasteiger partial charge in [-0.3, -0.25) is 0 Å². The SMILES string of the molecule is COc1ccccc1CN/N=C\c1cc(C)n(-c2ccc(Cl)cc2)c1C. The van der Waals surface area contributed by atoms with Gasteiger partial charge in [0, 0.05) is 33.2 Å². The Hall–Kier alpha value is -2.72. The van der Waals surface area contributed by atoms with Crippen molar-refractivity contribution in [1.29, 1.82) is 0 Å². The summed E-state index contributed by atoms with van der Waals surface area (Å²) in [6, 6.07) is 17.9. The topological polar surface area (TPSA) is 38.5 Å². The molecule has 1 N–H and O–H groups in total. The van der Waals surface area contributed by atoms with Crippen molar-refractivity contribution in [1.82, 2.24) is 9.99 Å². The van der Waals surface area contributed by atoms with Crippen LogP contribution in [0.15, 0.2) is 59.7 Å². The second-order valence-electron chi connectivity index (χ2n) is 6.04. The van der Waals surface area contributed by atoms with Gasteiger partial charge >= 0.3 is 0 Å². The van der Waals surface area contributed by atoms with E-state index in [-0.39, 0.29) is 0 Å². The predicted octanol–water partition coefficient (Wildman–Crippen LogP) is 4.88. The minimum absolute atomic E-state index is 0.608. The van der Waals surface area contributed by atoms with Crippen LogP contribution in [0.1, 0.15) is 22.5 Å². The van der Waals surface area contributed by atoms with Crippen LogP contribution in [0, 0.1) is 13.8 Å². The summed E-state index contributed by atoms with van der Waals surface area (Å²) in [5.41, 5.74) is 8.60. The number of benzene rings is 2. The first-order chi connectivity index (χ1) is 12.6. The smallest absolute Gasteiger partial charge is 0.123 e. The molecule has 0 fully saturated rings. The fourth-order valence-electron chi connectivity index (χ4n) is 3.00. The molecule has 0 saturated heterocycles. The van der Waals surface area contributed by atoms with Gasteiger partial charge in [0.2, 0.25) is 0 Å². The molecule has 26 heavy (non-hydrogen) atoms. The van der Waals surface area contributed by atoms with Crippen molar-refractivity contribution in [2.45, 2.75) is 20.4 Å². The molecule has 1 heterocycles. The van der Waals surface area contributed by atoms with Crippen LogP contribution in [0.5, 0.6) is 5.75 Å². The Labute approximate surface area is 159 Å². The molecule has 0 spiro atoms. The summed E-state index contributed by atoms with van der Waals surface area (Å²) in [7, 11) is 1.67. The van der Waals surface area contributed by atoms with Crippen LogP contribution in [0.2, 0.25) is 5.02 Å². The molecule has 0 bridgehead atoms. The molecule has 3 rings (SSSR count). The van der Waals surface area contributed by atoms with Crippen LogP contribution < -0.4 is 10.2 Å². The highest BCUT2D eigenvalue weighted by Crippen LogP contribution is 2.21. The molecule has 0 saturated carbocycles. The summed E-state index contributed by atoms with van der Waals surface area (Å²) < 4.78 is 7.54. The fraction of sp³-hybridized carbons (Fsp3) is 0.190. The van der Waals surface area contributed by atoms with Gasteiger partial charge < -0.3 is 14.7 Å². The van der Waals surface area contributed by atoms with E-state index in [4.69, 9.17) is 16.3 Å².